The third kappa shape index (κ3) is 5.10. The minimum absolute atomic E-state index is 0.00808. The van der Waals surface area contributed by atoms with Gasteiger partial charge in [-0.3, -0.25) is 4.79 Å². The Morgan fingerprint density at radius 1 is 1.43 bits per heavy atom. The first-order chi connectivity index (χ1) is 14.0. The van der Waals surface area contributed by atoms with E-state index in [1.54, 1.807) is 0 Å². The molecule has 1 amide bonds. The molecule has 1 aliphatic heterocycles. The molecule has 0 aliphatic carbocycles. The number of nitriles is 1. The molecule has 1 unspecified atom stereocenters. The summed E-state index contributed by atoms with van der Waals surface area (Å²) < 4.78 is 66.9. The number of aromatic nitrogens is 1. The molecule has 30 heavy (non-hydrogen) atoms. The standard InChI is InChI=1S/C18H17F3N4O4S/c1-30(27,28)9-14-6-13(8-25(14)10-22)24-16(26)17-23-7-15(29-17)11-3-2-4-12(5-11)18(19,20)21/h2-5,7,13-14H,6,8-9H2,1H3,(H,24,26)/t13-,14?/m1/s1. The van der Waals surface area contributed by atoms with Crippen LogP contribution in [0.25, 0.3) is 11.3 Å². The lowest BCUT2D eigenvalue weighted by Gasteiger charge is -2.16. The smallest absolute Gasteiger partial charge is 0.416 e. The summed E-state index contributed by atoms with van der Waals surface area (Å²) in [4.78, 5) is 17.5. The summed E-state index contributed by atoms with van der Waals surface area (Å²) in [7, 11) is -3.31. The van der Waals surface area contributed by atoms with Gasteiger partial charge in [-0.1, -0.05) is 12.1 Å². The summed E-state index contributed by atoms with van der Waals surface area (Å²) in [5, 5.41) is 11.8. The van der Waals surface area contributed by atoms with Gasteiger partial charge in [0.25, 0.3) is 5.89 Å². The van der Waals surface area contributed by atoms with Crippen LogP contribution in [0.15, 0.2) is 34.9 Å². The number of amides is 1. The Balaban J connectivity index is 1.70. The van der Waals surface area contributed by atoms with Crippen molar-refractivity contribution in [3.63, 3.8) is 0 Å². The van der Waals surface area contributed by atoms with Crippen molar-refractivity contribution < 1.29 is 30.8 Å². The van der Waals surface area contributed by atoms with Gasteiger partial charge >= 0.3 is 12.1 Å². The molecular weight excluding hydrogens is 425 g/mol. The second-order valence-corrected chi connectivity index (χ2v) is 9.20. The number of rotatable bonds is 5. The van der Waals surface area contributed by atoms with Gasteiger partial charge in [-0.2, -0.15) is 18.4 Å². The SMILES string of the molecule is CS(=O)(=O)CC1C[C@@H](NC(=O)c2ncc(-c3cccc(C(F)(F)F)c3)o2)CN1C#N. The second-order valence-electron chi connectivity index (χ2n) is 7.01. The molecule has 0 bridgehead atoms. The van der Waals surface area contributed by atoms with Gasteiger partial charge in [-0.25, -0.2) is 13.4 Å². The van der Waals surface area contributed by atoms with Crippen molar-refractivity contribution in [1.29, 1.82) is 5.26 Å². The lowest BCUT2D eigenvalue weighted by Crippen LogP contribution is -2.36. The molecule has 12 heteroatoms. The molecular formula is C18H17F3N4O4S. The summed E-state index contributed by atoms with van der Waals surface area (Å²) in [6.07, 6.45) is -0.155. The molecule has 3 rings (SSSR count). The van der Waals surface area contributed by atoms with Gasteiger partial charge in [0, 0.05) is 24.4 Å². The molecule has 1 N–H and O–H groups in total. The molecule has 1 fully saturated rings. The van der Waals surface area contributed by atoms with Gasteiger partial charge < -0.3 is 14.6 Å². The number of nitrogens with zero attached hydrogens (tertiary/aromatic N) is 3. The van der Waals surface area contributed by atoms with E-state index in [1.807, 2.05) is 6.19 Å². The van der Waals surface area contributed by atoms with Crippen LogP contribution in [0.1, 0.15) is 22.7 Å². The number of alkyl halides is 3. The number of hydrogen-bond acceptors (Lipinski definition) is 7. The summed E-state index contributed by atoms with van der Waals surface area (Å²) in [5.74, 6) is -1.29. The summed E-state index contributed by atoms with van der Waals surface area (Å²) >= 11 is 0. The molecule has 1 saturated heterocycles. The number of hydrogen-bond donors (Lipinski definition) is 1. The highest BCUT2D eigenvalue weighted by molar-refractivity contribution is 7.90. The van der Waals surface area contributed by atoms with Crippen molar-refractivity contribution in [1.82, 2.24) is 15.2 Å². The van der Waals surface area contributed by atoms with E-state index in [0.717, 1.165) is 24.6 Å². The Morgan fingerprint density at radius 2 is 2.17 bits per heavy atom. The number of sulfone groups is 1. The normalized spacial score (nSPS) is 19.5. The zero-order valence-electron chi connectivity index (χ0n) is 15.7. The number of carbonyl (C=O) groups is 1. The van der Waals surface area contributed by atoms with Crippen LogP contribution in [0.5, 0.6) is 0 Å². The van der Waals surface area contributed by atoms with Crippen molar-refractivity contribution in [3.05, 3.63) is 41.9 Å². The minimum atomic E-state index is -4.52. The monoisotopic (exact) mass is 442 g/mol. The van der Waals surface area contributed by atoms with Crippen LogP contribution in [-0.2, 0) is 16.0 Å². The van der Waals surface area contributed by atoms with Crippen LogP contribution in [0, 0.1) is 11.5 Å². The fourth-order valence-corrected chi connectivity index (χ4v) is 4.27. The molecule has 8 nitrogen and oxygen atoms in total. The fourth-order valence-electron chi connectivity index (χ4n) is 3.26. The highest BCUT2D eigenvalue weighted by atomic mass is 32.2. The van der Waals surface area contributed by atoms with E-state index in [9.17, 15) is 26.4 Å². The number of likely N-dealkylation sites (tertiary alicyclic amines) is 1. The molecule has 2 heterocycles. The average molecular weight is 442 g/mol. The molecule has 1 aromatic heterocycles. The Bertz CT molecular complexity index is 1090. The highest BCUT2D eigenvalue weighted by Gasteiger charge is 2.35. The van der Waals surface area contributed by atoms with E-state index in [-0.39, 0.29) is 35.9 Å². The number of benzene rings is 1. The van der Waals surface area contributed by atoms with Crippen LogP contribution in [0.4, 0.5) is 13.2 Å². The average Bonchev–Trinajstić information content (AvgIpc) is 3.27. The third-order valence-electron chi connectivity index (χ3n) is 4.55. The molecule has 1 aliphatic rings. The first-order valence-electron chi connectivity index (χ1n) is 8.74. The van der Waals surface area contributed by atoms with Crippen LogP contribution >= 0.6 is 0 Å². The Morgan fingerprint density at radius 3 is 2.80 bits per heavy atom. The van der Waals surface area contributed by atoms with E-state index < -0.39 is 39.6 Å². The zero-order valence-corrected chi connectivity index (χ0v) is 16.5. The molecule has 0 radical (unpaired) electrons. The van der Waals surface area contributed by atoms with Crippen LogP contribution in [0.2, 0.25) is 0 Å². The second kappa shape index (κ2) is 7.98. The minimum Gasteiger partial charge on any atom is -0.432 e. The number of oxazole rings is 1. The Kier molecular flexibility index (Phi) is 5.76. The fraction of sp³-hybridized carbons (Fsp3) is 0.389. The molecule has 0 spiro atoms. The molecule has 0 saturated carbocycles. The van der Waals surface area contributed by atoms with Gasteiger partial charge in [-0.15, -0.1) is 0 Å². The zero-order chi connectivity index (χ0) is 22.1. The quantitative estimate of drug-likeness (QED) is 0.705. The van der Waals surface area contributed by atoms with Crippen molar-refractivity contribution in [3.8, 4) is 17.5 Å². The van der Waals surface area contributed by atoms with E-state index in [0.29, 0.717) is 0 Å². The summed E-state index contributed by atoms with van der Waals surface area (Å²) in [6.45, 7) is 0.129. The number of halogens is 3. The van der Waals surface area contributed by atoms with E-state index >= 15 is 0 Å². The molecule has 2 aromatic rings. The maximum atomic E-state index is 12.9. The first-order valence-corrected chi connectivity index (χ1v) is 10.8. The predicted molar refractivity (Wildman–Crippen MR) is 98.6 cm³/mol. The van der Waals surface area contributed by atoms with Crippen LogP contribution in [-0.4, -0.2) is 54.8 Å². The van der Waals surface area contributed by atoms with E-state index in [2.05, 4.69) is 10.3 Å². The van der Waals surface area contributed by atoms with Gasteiger partial charge in [0.05, 0.1) is 23.6 Å². The number of nitrogens with one attached hydrogen (secondary N) is 1. The lowest BCUT2D eigenvalue weighted by atomic mass is 10.1. The van der Waals surface area contributed by atoms with Crippen LogP contribution in [0.3, 0.4) is 0 Å². The van der Waals surface area contributed by atoms with Crippen molar-refractivity contribution >= 4 is 15.7 Å². The number of carbonyl (C=O) groups excluding carboxylic acids is 1. The summed E-state index contributed by atoms with van der Waals surface area (Å²) in [5.41, 5.74) is -0.747. The molecule has 2 atom stereocenters. The largest absolute Gasteiger partial charge is 0.432 e. The van der Waals surface area contributed by atoms with Crippen molar-refractivity contribution in [2.24, 2.45) is 0 Å². The predicted octanol–water partition coefficient (Wildman–Crippen LogP) is 2.06. The van der Waals surface area contributed by atoms with E-state index in [4.69, 9.17) is 9.68 Å². The van der Waals surface area contributed by atoms with E-state index in [1.165, 1.54) is 17.0 Å². The summed E-state index contributed by atoms with van der Waals surface area (Å²) in [6, 6.07) is 3.36. The maximum absolute atomic E-state index is 12.9. The maximum Gasteiger partial charge on any atom is 0.416 e. The van der Waals surface area contributed by atoms with Crippen molar-refractivity contribution in [2.45, 2.75) is 24.7 Å². The topological polar surface area (TPSA) is 116 Å². The first kappa shape index (κ1) is 21.6. The highest BCUT2D eigenvalue weighted by Crippen LogP contribution is 2.32. The van der Waals surface area contributed by atoms with Gasteiger partial charge in [0.1, 0.15) is 9.84 Å². The van der Waals surface area contributed by atoms with Gasteiger partial charge in [-0.05, 0) is 18.6 Å². The van der Waals surface area contributed by atoms with Gasteiger partial charge in [0.15, 0.2) is 12.0 Å². The molecule has 160 valence electrons. The molecule has 1 aromatic carbocycles. The van der Waals surface area contributed by atoms with Crippen LogP contribution < -0.4 is 5.32 Å². The van der Waals surface area contributed by atoms with Crippen molar-refractivity contribution in [2.75, 3.05) is 18.6 Å². The Hall–Kier alpha value is -3.07. The lowest BCUT2D eigenvalue weighted by molar-refractivity contribution is -0.137. The Labute approximate surface area is 170 Å². The third-order valence-corrected chi connectivity index (χ3v) is 5.54. The van der Waals surface area contributed by atoms with Gasteiger partial charge in [0.2, 0.25) is 0 Å².